The van der Waals surface area contributed by atoms with Crippen molar-refractivity contribution in [2.75, 3.05) is 20.1 Å². The summed E-state index contributed by atoms with van der Waals surface area (Å²) in [7, 11) is 2.06. The van der Waals surface area contributed by atoms with Crippen LogP contribution in [0.3, 0.4) is 0 Å². The van der Waals surface area contributed by atoms with Crippen LogP contribution in [-0.2, 0) is 0 Å². The second-order valence-corrected chi connectivity index (χ2v) is 4.63. The number of carbonyl (C=O) groups excluding carboxylic acids is 2. The highest BCUT2D eigenvalue weighted by Crippen LogP contribution is 2.22. The van der Waals surface area contributed by atoms with E-state index in [1.807, 2.05) is 0 Å². The number of carbonyl (C=O) groups is 2. The van der Waals surface area contributed by atoms with Crippen molar-refractivity contribution < 1.29 is 9.59 Å². The largest absolute Gasteiger partial charge is 0.365 e. The topological polar surface area (TPSA) is 107 Å². The lowest BCUT2D eigenvalue weighted by molar-refractivity contribution is 0.0964. The first-order chi connectivity index (χ1) is 8.49. The molecular formula is C11H17N5O2. The van der Waals surface area contributed by atoms with E-state index in [0.717, 1.165) is 25.9 Å². The summed E-state index contributed by atoms with van der Waals surface area (Å²) in [5.41, 5.74) is 10.5. The van der Waals surface area contributed by atoms with Crippen LogP contribution in [-0.4, -0.2) is 46.6 Å². The number of hydrogen-bond acceptors (Lipinski definition) is 4. The van der Waals surface area contributed by atoms with Gasteiger partial charge in [0.1, 0.15) is 0 Å². The van der Waals surface area contributed by atoms with Crippen molar-refractivity contribution in [2.45, 2.75) is 18.9 Å². The molecule has 1 aliphatic heterocycles. The van der Waals surface area contributed by atoms with Crippen LogP contribution in [0.4, 0.5) is 0 Å². The van der Waals surface area contributed by atoms with Gasteiger partial charge in [0.2, 0.25) is 0 Å². The number of primary amides is 2. The van der Waals surface area contributed by atoms with Gasteiger partial charge in [-0.05, 0) is 33.0 Å². The average Bonchev–Trinajstić information content (AvgIpc) is 2.75. The van der Waals surface area contributed by atoms with Gasteiger partial charge in [-0.25, -0.2) is 0 Å². The molecule has 7 heteroatoms. The molecule has 0 radical (unpaired) electrons. The Morgan fingerprint density at radius 2 is 1.89 bits per heavy atom. The zero-order chi connectivity index (χ0) is 13.3. The number of nitrogens with two attached hydrogens (primary N) is 2. The molecule has 98 valence electrons. The van der Waals surface area contributed by atoms with Gasteiger partial charge in [-0.1, -0.05) is 0 Å². The number of piperidine rings is 1. The Kier molecular flexibility index (Phi) is 3.33. The zero-order valence-electron chi connectivity index (χ0n) is 10.3. The Balaban J connectivity index is 2.26. The van der Waals surface area contributed by atoms with E-state index in [4.69, 9.17) is 11.5 Å². The summed E-state index contributed by atoms with van der Waals surface area (Å²) in [5, 5.41) is 4.10. The van der Waals surface area contributed by atoms with E-state index in [0.29, 0.717) is 0 Å². The predicted octanol–water partition coefficient (Wildman–Crippen LogP) is -0.652. The van der Waals surface area contributed by atoms with Crippen molar-refractivity contribution in [1.29, 1.82) is 0 Å². The van der Waals surface area contributed by atoms with Crippen LogP contribution >= 0.6 is 0 Å². The second kappa shape index (κ2) is 4.77. The van der Waals surface area contributed by atoms with Crippen molar-refractivity contribution in [1.82, 2.24) is 14.7 Å². The van der Waals surface area contributed by atoms with E-state index in [9.17, 15) is 9.59 Å². The molecule has 0 aromatic carbocycles. The van der Waals surface area contributed by atoms with E-state index in [-0.39, 0.29) is 17.3 Å². The number of likely N-dealkylation sites (tertiary alicyclic amines) is 1. The maximum atomic E-state index is 11.2. The molecule has 7 nitrogen and oxygen atoms in total. The summed E-state index contributed by atoms with van der Waals surface area (Å²) in [6.45, 7) is 1.92. The third-order valence-electron chi connectivity index (χ3n) is 3.29. The van der Waals surface area contributed by atoms with Crippen molar-refractivity contribution in [2.24, 2.45) is 11.5 Å². The molecule has 1 fully saturated rings. The lowest BCUT2D eigenvalue weighted by Crippen LogP contribution is -2.31. The fraction of sp³-hybridized carbons (Fsp3) is 0.545. The van der Waals surface area contributed by atoms with Crippen LogP contribution in [0.2, 0.25) is 0 Å². The minimum Gasteiger partial charge on any atom is -0.365 e. The Hall–Kier alpha value is -1.89. The van der Waals surface area contributed by atoms with E-state index in [1.54, 1.807) is 4.68 Å². The van der Waals surface area contributed by atoms with Gasteiger partial charge >= 0.3 is 0 Å². The Labute approximate surface area is 105 Å². The molecular weight excluding hydrogens is 234 g/mol. The van der Waals surface area contributed by atoms with Crippen LogP contribution in [0.15, 0.2) is 6.20 Å². The molecule has 0 unspecified atom stereocenters. The monoisotopic (exact) mass is 251 g/mol. The fourth-order valence-electron chi connectivity index (χ4n) is 2.20. The summed E-state index contributed by atoms with van der Waals surface area (Å²) in [4.78, 5) is 24.7. The normalized spacial score (nSPS) is 17.8. The van der Waals surface area contributed by atoms with E-state index >= 15 is 0 Å². The third kappa shape index (κ3) is 2.35. The molecule has 0 atom stereocenters. The molecule has 0 spiro atoms. The summed E-state index contributed by atoms with van der Waals surface area (Å²) < 4.78 is 1.65. The van der Waals surface area contributed by atoms with Gasteiger partial charge in [-0.15, -0.1) is 0 Å². The van der Waals surface area contributed by atoms with Gasteiger partial charge in [0.15, 0.2) is 5.69 Å². The first kappa shape index (κ1) is 12.6. The smallest absolute Gasteiger partial charge is 0.270 e. The molecule has 0 aliphatic carbocycles. The highest BCUT2D eigenvalue weighted by atomic mass is 16.2. The van der Waals surface area contributed by atoms with Gasteiger partial charge in [-0.3, -0.25) is 14.3 Å². The Morgan fingerprint density at radius 3 is 2.33 bits per heavy atom. The van der Waals surface area contributed by atoms with Gasteiger partial charge < -0.3 is 16.4 Å². The molecule has 2 heterocycles. The average molecular weight is 251 g/mol. The van der Waals surface area contributed by atoms with Crippen LogP contribution in [0, 0.1) is 0 Å². The molecule has 1 aromatic heterocycles. The predicted molar refractivity (Wildman–Crippen MR) is 65.0 cm³/mol. The quantitative estimate of drug-likeness (QED) is 0.744. The molecule has 1 aliphatic rings. The van der Waals surface area contributed by atoms with Crippen molar-refractivity contribution in [3.05, 3.63) is 17.5 Å². The molecule has 2 rings (SSSR count). The van der Waals surface area contributed by atoms with Crippen LogP contribution in [0.25, 0.3) is 0 Å². The SMILES string of the molecule is CN1CCC(n2cc(C(N)=O)c(C(N)=O)n2)CC1. The van der Waals surface area contributed by atoms with Crippen molar-refractivity contribution >= 4 is 11.8 Å². The molecule has 2 amide bonds. The Morgan fingerprint density at radius 1 is 1.28 bits per heavy atom. The van der Waals surface area contributed by atoms with Gasteiger partial charge in [-0.2, -0.15) is 5.10 Å². The summed E-state index contributed by atoms with van der Waals surface area (Å²) in [6.07, 6.45) is 3.38. The molecule has 1 aromatic rings. The van der Waals surface area contributed by atoms with E-state index < -0.39 is 11.8 Å². The molecule has 4 N–H and O–H groups in total. The van der Waals surface area contributed by atoms with Crippen LogP contribution in [0.1, 0.15) is 39.7 Å². The number of nitrogens with zero attached hydrogens (tertiary/aromatic N) is 3. The second-order valence-electron chi connectivity index (χ2n) is 4.63. The fourth-order valence-corrected chi connectivity index (χ4v) is 2.20. The highest BCUT2D eigenvalue weighted by molar-refractivity contribution is 6.04. The standard InChI is InChI=1S/C11H17N5O2/c1-15-4-2-7(3-5-15)16-6-8(10(12)17)9(14-16)11(13)18/h6-7H,2-5H2,1H3,(H2,12,17)(H2,13,18). The summed E-state index contributed by atoms with van der Waals surface area (Å²) in [5.74, 6) is -1.40. The summed E-state index contributed by atoms with van der Waals surface area (Å²) in [6, 6.07) is 0.187. The van der Waals surface area contributed by atoms with Crippen molar-refractivity contribution in [3.63, 3.8) is 0 Å². The first-order valence-electron chi connectivity index (χ1n) is 5.86. The number of hydrogen-bond donors (Lipinski definition) is 2. The van der Waals surface area contributed by atoms with E-state index in [1.165, 1.54) is 6.20 Å². The lowest BCUT2D eigenvalue weighted by atomic mass is 10.1. The minimum atomic E-state index is -0.726. The number of aromatic nitrogens is 2. The molecule has 1 saturated heterocycles. The lowest BCUT2D eigenvalue weighted by Gasteiger charge is -2.28. The van der Waals surface area contributed by atoms with Crippen LogP contribution < -0.4 is 11.5 Å². The minimum absolute atomic E-state index is 0.0403. The van der Waals surface area contributed by atoms with E-state index in [2.05, 4.69) is 17.0 Å². The molecule has 0 bridgehead atoms. The summed E-state index contributed by atoms with van der Waals surface area (Å²) >= 11 is 0. The molecule has 18 heavy (non-hydrogen) atoms. The first-order valence-corrected chi connectivity index (χ1v) is 5.86. The van der Waals surface area contributed by atoms with Crippen LogP contribution in [0.5, 0.6) is 0 Å². The Bertz CT molecular complexity index is 442. The van der Waals surface area contributed by atoms with Gasteiger partial charge in [0.05, 0.1) is 11.6 Å². The number of rotatable bonds is 3. The maximum absolute atomic E-state index is 11.2. The van der Waals surface area contributed by atoms with Gasteiger partial charge in [0, 0.05) is 6.20 Å². The van der Waals surface area contributed by atoms with Gasteiger partial charge in [0.25, 0.3) is 11.8 Å². The van der Waals surface area contributed by atoms with Crippen molar-refractivity contribution in [3.8, 4) is 0 Å². The third-order valence-corrected chi connectivity index (χ3v) is 3.29. The highest BCUT2D eigenvalue weighted by Gasteiger charge is 2.24. The zero-order valence-corrected chi connectivity index (χ0v) is 10.3. The molecule has 0 saturated carbocycles. The maximum Gasteiger partial charge on any atom is 0.270 e. The number of amides is 2.